The van der Waals surface area contributed by atoms with Gasteiger partial charge in [0.2, 0.25) is 0 Å². The van der Waals surface area contributed by atoms with Gasteiger partial charge in [-0.3, -0.25) is 0 Å². The minimum Gasteiger partial charge on any atom is -0.309 e. The second kappa shape index (κ2) is 11.8. The maximum atomic E-state index is 2.51. The molecule has 3 nitrogen and oxygen atoms in total. The van der Waals surface area contributed by atoms with Crippen molar-refractivity contribution in [3.05, 3.63) is 188 Å². The smallest absolute Gasteiger partial charge is 0.0641 e. The number of fused-ring (bicyclic) bond motifs is 10. The lowest BCUT2D eigenvalue weighted by Gasteiger charge is -2.20. The van der Waals surface area contributed by atoms with Crippen LogP contribution in [0.15, 0.2) is 182 Å². The van der Waals surface area contributed by atoms with Crippen LogP contribution in [-0.2, 0) is 5.41 Å². The van der Waals surface area contributed by atoms with Crippen LogP contribution in [0.4, 0.5) is 0 Å². The molecule has 0 aliphatic carbocycles. The summed E-state index contributed by atoms with van der Waals surface area (Å²) >= 11 is 0. The van der Waals surface area contributed by atoms with Crippen LogP contribution in [0, 0.1) is 0 Å². The number of hydrogen-bond acceptors (Lipinski definition) is 0. The molecule has 0 fully saturated rings. The summed E-state index contributed by atoms with van der Waals surface area (Å²) in [6.07, 6.45) is 0. The summed E-state index contributed by atoms with van der Waals surface area (Å²) in [6, 6.07) is 67.0. The summed E-state index contributed by atoms with van der Waals surface area (Å²) < 4.78 is 7.38. The van der Waals surface area contributed by atoms with Gasteiger partial charge in [0.25, 0.3) is 0 Å². The first-order valence-electron chi connectivity index (χ1n) is 19.2. The van der Waals surface area contributed by atoms with Crippen LogP contribution in [0.2, 0.25) is 0 Å². The van der Waals surface area contributed by atoms with Gasteiger partial charge in [-0.05, 0) is 77.2 Å². The highest BCUT2D eigenvalue weighted by Gasteiger charge is 2.22. The van der Waals surface area contributed by atoms with Crippen molar-refractivity contribution in [3.8, 4) is 28.2 Å². The number of rotatable bonds is 4. The average Bonchev–Trinajstić information content (AvgIpc) is 3.86. The zero-order valence-corrected chi connectivity index (χ0v) is 31.2. The van der Waals surface area contributed by atoms with E-state index < -0.39 is 0 Å². The SMILES string of the molecule is CC(C)(C)c1ccc(-c2ccccc2-n2c3ccccc3c3cc(-n4c5ccccc5c5ccc6c(c7ccccc7n6-c6ccccc6)c54)ccc32)cc1. The zero-order chi connectivity index (χ0) is 36.8. The van der Waals surface area contributed by atoms with Crippen LogP contribution in [0.3, 0.4) is 0 Å². The third-order valence-corrected chi connectivity index (χ3v) is 11.6. The van der Waals surface area contributed by atoms with Gasteiger partial charge < -0.3 is 13.7 Å². The highest BCUT2D eigenvalue weighted by molar-refractivity contribution is 6.26. The topological polar surface area (TPSA) is 14.8 Å². The summed E-state index contributed by atoms with van der Waals surface area (Å²) in [6.45, 7) is 6.81. The van der Waals surface area contributed by atoms with Crippen molar-refractivity contribution in [2.45, 2.75) is 26.2 Å². The minimum atomic E-state index is 0.101. The van der Waals surface area contributed by atoms with E-state index in [1.54, 1.807) is 0 Å². The van der Waals surface area contributed by atoms with Gasteiger partial charge in [0, 0.05) is 49.3 Å². The Bertz CT molecular complexity index is 3270. The lowest BCUT2D eigenvalue weighted by Crippen LogP contribution is -2.10. The van der Waals surface area contributed by atoms with E-state index in [-0.39, 0.29) is 5.41 Å². The second-order valence-electron chi connectivity index (χ2n) is 15.8. The van der Waals surface area contributed by atoms with Gasteiger partial charge in [-0.25, -0.2) is 0 Å². The Labute approximate surface area is 319 Å². The van der Waals surface area contributed by atoms with E-state index in [9.17, 15) is 0 Å². The van der Waals surface area contributed by atoms with Crippen molar-refractivity contribution in [1.29, 1.82) is 0 Å². The quantitative estimate of drug-likeness (QED) is 0.173. The molecule has 0 amide bonds. The molecule has 0 bridgehead atoms. The minimum absolute atomic E-state index is 0.101. The fourth-order valence-corrected chi connectivity index (χ4v) is 9.05. The molecule has 8 aromatic carbocycles. The van der Waals surface area contributed by atoms with Gasteiger partial charge in [-0.15, -0.1) is 0 Å². The molecule has 3 heterocycles. The molecule has 0 saturated heterocycles. The van der Waals surface area contributed by atoms with Gasteiger partial charge in [0.1, 0.15) is 0 Å². The van der Waals surface area contributed by atoms with E-state index in [1.807, 2.05) is 0 Å². The monoisotopic (exact) mass is 705 g/mol. The molecule has 11 rings (SSSR count). The van der Waals surface area contributed by atoms with Gasteiger partial charge >= 0.3 is 0 Å². The molecule has 0 N–H and O–H groups in total. The summed E-state index contributed by atoms with van der Waals surface area (Å²) in [5.41, 5.74) is 14.6. The zero-order valence-electron chi connectivity index (χ0n) is 31.2. The van der Waals surface area contributed by atoms with Crippen LogP contribution in [-0.4, -0.2) is 13.7 Å². The molecule has 0 spiro atoms. The van der Waals surface area contributed by atoms with Crippen molar-refractivity contribution >= 4 is 65.4 Å². The standard InChI is InChI=1S/C52H39N3/c1-52(2,3)35-27-25-34(26-28-35)38-17-7-11-21-44(38)55-46-23-13-9-19-40(46)43-33-37(29-31-48(43)55)54-45-22-12-8-18-39(45)41-30-32-49-50(51(41)54)42-20-10-14-24-47(42)53(49)36-15-5-4-6-16-36/h4-33H,1-3H3. The first kappa shape index (κ1) is 31.7. The van der Waals surface area contributed by atoms with Crippen LogP contribution >= 0.6 is 0 Å². The number of hydrogen-bond donors (Lipinski definition) is 0. The van der Waals surface area contributed by atoms with Crippen molar-refractivity contribution in [1.82, 2.24) is 13.7 Å². The lowest BCUT2D eigenvalue weighted by molar-refractivity contribution is 0.590. The van der Waals surface area contributed by atoms with E-state index in [1.165, 1.54) is 87.8 Å². The summed E-state index contributed by atoms with van der Waals surface area (Å²) in [7, 11) is 0. The lowest BCUT2D eigenvalue weighted by atomic mass is 9.86. The highest BCUT2D eigenvalue weighted by atomic mass is 15.0. The van der Waals surface area contributed by atoms with Crippen LogP contribution in [0.1, 0.15) is 26.3 Å². The maximum absolute atomic E-state index is 2.51. The van der Waals surface area contributed by atoms with Crippen molar-refractivity contribution in [3.63, 3.8) is 0 Å². The number of para-hydroxylation sites is 5. The normalized spacial score (nSPS) is 12.3. The van der Waals surface area contributed by atoms with Gasteiger partial charge in [-0.2, -0.15) is 0 Å². The summed E-state index contributed by atoms with van der Waals surface area (Å²) in [5, 5.41) is 7.50. The Morgan fingerprint density at radius 3 is 1.65 bits per heavy atom. The molecule has 3 heteroatoms. The second-order valence-corrected chi connectivity index (χ2v) is 15.8. The van der Waals surface area contributed by atoms with Gasteiger partial charge in [0.05, 0.1) is 38.8 Å². The predicted molar refractivity (Wildman–Crippen MR) is 234 cm³/mol. The first-order valence-corrected chi connectivity index (χ1v) is 19.2. The van der Waals surface area contributed by atoms with Crippen LogP contribution in [0.5, 0.6) is 0 Å². The Kier molecular flexibility index (Phi) is 6.81. The third-order valence-electron chi connectivity index (χ3n) is 11.6. The summed E-state index contributed by atoms with van der Waals surface area (Å²) in [5.74, 6) is 0. The maximum Gasteiger partial charge on any atom is 0.0641 e. The average molecular weight is 706 g/mol. The van der Waals surface area contributed by atoms with Crippen LogP contribution < -0.4 is 0 Å². The predicted octanol–water partition coefficient (Wildman–Crippen LogP) is 13.9. The largest absolute Gasteiger partial charge is 0.309 e. The fraction of sp³-hybridized carbons (Fsp3) is 0.0769. The summed E-state index contributed by atoms with van der Waals surface area (Å²) in [4.78, 5) is 0. The molecular formula is C52H39N3. The molecule has 0 unspecified atom stereocenters. The first-order chi connectivity index (χ1) is 27.0. The molecule has 262 valence electrons. The van der Waals surface area contributed by atoms with E-state index >= 15 is 0 Å². The van der Waals surface area contributed by atoms with Crippen molar-refractivity contribution < 1.29 is 0 Å². The highest BCUT2D eigenvalue weighted by Crippen LogP contribution is 2.43. The Morgan fingerprint density at radius 1 is 0.364 bits per heavy atom. The number of benzene rings is 8. The van der Waals surface area contributed by atoms with Crippen LogP contribution in [0.25, 0.3) is 93.6 Å². The number of aromatic nitrogens is 3. The Morgan fingerprint density at radius 2 is 0.927 bits per heavy atom. The third kappa shape index (κ3) is 4.69. The van der Waals surface area contributed by atoms with Gasteiger partial charge in [-0.1, -0.05) is 142 Å². The Balaban J connectivity index is 1.19. The van der Waals surface area contributed by atoms with Gasteiger partial charge in [0.15, 0.2) is 0 Å². The molecule has 11 aromatic rings. The van der Waals surface area contributed by atoms with Crippen molar-refractivity contribution in [2.75, 3.05) is 0 Å². The Hall–Kier alpha value is -6.84. The van der Waals surface area contributed by atoms with Crippen molar-refractivity contribution in [2.24, 2.45) is 0 Å². The van der Waals surface area contributed by atoms with E-state index in [0.717, 1.165) is 11.4 Å². The molecule has 55 heavy (non-hydrogen) atoms. The molecule has 0 aliphatic rings. The molecule has 0 atom stereocenters. The number of nitrogens with zero attached hydrogens (tertiary/aromatic N) is 3. The fourth-order valence-electron chi connectivity index (χ4n) is 9.05. The van der Waals surface area contributed by atoms with E-state index in [2.05, 4.69) is 216 Å². The van der Waals surface area contributed by atoms with E-state index in [4.69, 9.17) is 0 Å². The molecular weight excluding hydrogens is 667 g/mol. The molecule has 0 aliphatic heterocycles. The van der Waals surface area contributed by atoms with E-state index in [0.29, 0.717) is 0 Å². The molecule has 0 saturated carbocycles. The molecule has 0 radical (unpaired) electrons. The molecule has 3 aromatic heterocycles.